The normalized spacial score (nSPS) is 11.2. The smallest absolute Gasteiger partial charge is 0.0776 e. The molecule has 5 aromatic carbocycles. The van der Waals surface area contributed by atoms with Gasteiger partial charge in [0.1, 0.15) is 0 Å². The van der Waals surface area contributed by atoms with Crippen molar-refractivity contribution in [2.75, 3.05) is 0 Å². The molecule has 0 radical (unpaired) electrons. The van der Waals surface area contributed by atoms with Gasteiger partial charge in [-0.3, -0.25) is 9.97 Å². The van der Waals surface area contributed by atoms with Crippen LogP contribution in [0.1, 0.15) is 18.6 Å². The van der Waals surface area contributed by atoms with Crippen LogP contribution in [0.2, 0.25) is 19.6 Å². The number of aryl methyl sites for hydroxylation is 2. The van der Waals surface area contributed by atoms with E-state index in [1.165, 1.54) is 49.7 Å². The topological polar surface area (TPSA) is 25.8 Å². The average Bonchev–Trinajstić information content (AvgIpc) is 3.12. The van der Waals surface area contributed by atoms with Crippen LogP contribution in [0.5, 0.6) is 0 Å². The molecule has 0 saturated carbocycles. The van der Waals surface area contributed by atoms with Gasteiger partial charge < -0.3 is 0 Å². The van der Waals surface area contributed by atoms with Crippen molar-refractivity contribution in [1.82, 2.24) is 9.97 Å². The molecule has 0 fully saturated rings. The molecule has 3 heteroatoms. The van der Waals surface area contributed by atoms with Crippen molar-refractivity contribution in [3.05, 3.63) is 163 Å². The van der Waals surface area contributed by atoms with Gasteiger partial charge in [-0.05, 0) is 76.6 Å². The van der Waals surface area contributed by atoms with Crippen molar-refractivity contribution in [3.63, 3.8) is 0 Å². The fourth-order valence-corrected chi connectivity index (χ4v) is 7.70. The fourth-order valence-electron chi connectivity index (χ4n) is 6.52. The van der Waals surface area contributed by atoms with Crippen molar-refractivity contribution >= 4 is 13.3 Å². The SMILES string of the molecule is C.Cc1cc(-c2ccccc2)ncc1-c1ccccc1-c1cc(-c2ccccc2-c2cnc(-c3ccccc3)cc2C)cc([Si](C)(C)C)c1. The van der Waals surface area contributed by atoms with E-state index in [0.29, 0.717) is 0 Å². The minimum absolute atomic E-state index is 0. The zero-order valence-electron chi connectivity index (χ0n) is 28.3. The number of hydrogen-bond acceptors (Lipinski definition) is 2. The van der Waals surface area contributed by atoms with Crippen LogP contribution in [0.25, 0.3) is 67.0 Å². The van der Waals surface area contributed by atoms with E-state index in [1.807, 2.05) is 24.5 Å². The van der Waals surface area contributed by atoms with E-state index in [4.69, 9.17) is 9.97 Å². The second kappa shape index (κ2) is 14.0. The summed E-state index contributed by atoms with van der Waals surface area (Å²) in [5, 5.41) is 1.43. The third kappa shape index (κ3) is 6.94. The molecular weight excluding hydrogens is 609 g/mol. The van der Waals surface area contributed by atoms with Crippen LogP contribution in [0.4, 0.5) is 0 Å². The molecule has 0 aliphatic heterocycles. The Morgan fingerprint density at radius 2 is 0.755 bits per heavy atom. The lowest BCUT2D eigenvalue weighted by Gasteiger charge is -2.22. The van der Waals surface area contributed by atoms with Gasteiger partial charge >= 0.3 is 0 Å². The molecule has 7 aromatic rings. The van der Waals surface area contributed by atoms with E-state index in [-0.39, 0.29) is 7.43 Å². The van der Waals surface area contributed by atoms with Crippen LogP contribution in [0, 0.1) is 13.8 Å². The van der Waals surface area contributed by atoms with Gasteiger partial charge in [0.15, 0.2) is 0 Å². The van der Waals surface area contributed by atoms with Crippen LogP contribution in [0.15, 0.2) is 152 Å². The second-order valence-corrected chi connectivity index (χ2v) is 18.7. The Labute approximate surface area is 293 Å². The van der Waals surface area contributed by atoms with Gasteiger partial charge in [-0.25, -0.2) is 0 Å². The van der Waals surface area contributed by atoms with Crippen molar-refractivity contribution in [1.29, 1.82) is 0 Å². The van der Waals surface area contributed by atoms with Gasteiger partial charge in [-0.15, -0.1) is 0 Å². The van der Waals surface area contributed by atoms with Crippen LogP contribution < -0.4 is 5.19 Å². The summed E-state index contributed by atoms with van der Waals surface area (Å²) in [6.07, 6.45) is 4.09. The van der Waals surface area contributed by atoms with E-state index in [0.717, 1.165) is 33.6 Å². The number of aromatic nitrogens is 2. The molecule has 0 N–H and O–H groups in total. The van der Waals surface area contributed by atoms with Gasteiger partial charge in [0.25, 0.3) is 0 Å². The van der Waals surface area contributed by atoms with Gasteiger partial charge in [-0.2, -0.15) is 0 Å². The lowest BCUT2D eigenvalue weighted by Crippen LogP contribution is -2.37. The van der Waals surface area contributed by atoms with E-state index in [2.05, 4.69) is 161 Å². The molecule has 0 amide bonds. The molecule has 0 aliphatic carbocycles. The Morgan fingerprint density at radius 1 is 0.388 bits per heavy atom. The summed E-state index contributed by atoms with van der Waals surface area (Å²) in [5.74, 6) is 0. The first-order valence-corrected chi connectivity index (χ1v) is 20.2. The van der Waals surface area contributed by atoms with E-state index in [9.17, 15) is 0 Å². The zero-order chi connectivity index (χ0) is 33.3. The lowest BCUT2D eigenvalue weighted by molar-refractivity contribution is 1.29. The molecule has 2 nitrogen and oxygen atoms in total. The van der Waals surface area contributed by atoms with Crippen molar-refractivity contribution in [2.24, 2.45) is 0 Å². The predicted octanol–water partition coefficient (Wildman–Crippen LogP) is 12.3. The molecule has 49 heavy (non-hydrogen) atoms. The average molecular weight is 653 g/mol. The number of hydrogen-bond donors (Lipinski definition) is 0. The summed E-state index contributed by atoms with van der Waals surface area (Å²) >= 11 is 0. The van der Waals surface area contributed by atoms with Crippen molar-refractivity contribution in [2.45, 2.75) is 40.9 Å². The Bertz CT molecular complexity index is 2080. The van der Waals surface area contributed by atoms with Gasteiger partial charge in [0.2, 0.25) is 0 Å². The number of pyridine rings is 2. The molecular formula is C46H44N2Si. The third-order valence-electron chi connectivity index (χ3n) is 9.22. The Morgan fingerprint density at radius 3 is 1.12 bits per heavy atom. The van der Waals surface area contributed by atoms with Gasteiger partial charge in [0, 0.05) is 34.6 Å². The summed E-state index contributed by atoms with van der Waals surface area (Å²) in [4.78, 5) is 9.85. The van der Waals surface area contributed by atoms with E-state index in [1.54, 1.807) is 0 Å². The highest BCUT2D eigenvalue weighted by Crippen LogP contribution is 2.39. The first-order valence-electron chi connectivity index (χ1n) is 16.7. The quantitative estimate of drug-likeness (QED) is 0.160. The molecule has 2 aromatic heterocycles. The van der Waals surface area contributed by atoms with Gasteiger partial charge in [0.05, 0.1) is 19.5 Å². The maximum absolute atomic E-state index is 4.92. The maximum Gasteiger partial charge on any atom is 0.0776 e. The minimum atomic E-state index is -1.69. The summed E-state index contributed by atoms with van der Waals surface area (Å²) < 4.78 is 0. The number of benzene rings is 5. The maximum atomic E-state index is 4.92. The van der Waals surface area contributed by atoms with Gasteiger partial charge in [-0.1, -0.05) is 154 Å². The van der Waals surface area contributed by atoms with Crippen molar-refractivity contribution < 1.29 is 0 Å². The monoisotopic (exact) mass is 652 g/mol. The minimum Gasteiger partial charge on any atom is -0.256 e. The lowest BCUT2D eigenvalue weighted by atomic mass is 9.89. The van der Waals surface area contributed by atoms with Crippen molar-refractivity contribution in [3.8, 4) is 67.0 Å². The second-order valence-electron chi connectivity index (χ2n) is 13.6. The molecule has 242 valence electrons. The summed E-state index contributed by atoms with van der Waals surface area (Å²) in [6.45, 7) is 11.7. The molecule has 7 rings (SSSR count). The Hall–Kier alpha value is -5.38. The molecule has 0 atom stereocenters. The molecule has 0 aliphatic rings. The van der Waals surface area contributed by atoms with E-state index >= 15 is 0 Å². The standard InChI is InChI=1S/C45H40N2Si.CH4/c1-31-24-44(33-16-8-6-9-17-33)46-29-42(31)40-22-14-12-20-38(40)35-26-36(28-37(27-35)48(3,4)5)39-21-13-15-23-41(39)43-30-47-45(25-32(43)2)34-18-10-7-11-19-34;/h6-30H,1-5H3;1H4. The summed E-state index contributed by atoms with van der Waals surface area (Å²) in [6, 6.07) is 50.0. The predicted molar refractivity (Wildman–Crippen MR) is 214 cm³/mol. The zero-order valence-corrected chi connectivity index (χ0v) is 29.3. The molecule has 0 unspecified atom stereocenters. The number of rotatable bonds is 7. The van der Waals surface area contributed by atoms with Crippen LogP contribution in [-0.4, -0.2) is 18.0 Å². The Kier molecular flexibility index (Phi) is 9.57. The largest absolute Gasteiger partial charge is 0.256 e. The highest BCUT2D eigenvalue weighted by atomic mass is 28.3. The molecule has 0 bridgehead atoms. The number of nitrogens with zero attached hydrogens (tertiary/aromatic N) is 2. The third-order valence-corrected chi connectivity index (χ3v) is 11.2. The molecule has 0 saturated heterocycles. The van der Waals surface area contributed by atoms with Crippen LogP contribution in [0.3, 0.4) is 0 Å². The van der Waals surface area contributed by atoms with E-state index < -0.39 is 8.07 Å². The fraction of sp³-hybridized carbons (Fsp3) is 0.130. The Balaban J connectivity index is 0.00000417. The first kappa shape index (κ1) is 33.5. The highest BCUT2D eigenvalue weighted by molar-refractivity contribution is 6.88. The summed E-state index contributed by atoms with van der Waals surface area (Å²) in [7, 11) is -1.69. The first-order chi connectivity index (χ1) is 23.3. The van der Waals surface area contributed by atoms with Crippen LogP contribution >= 0.6 is 0 Å². The molecule has 0 spiro atoms. The summed E-state index contributed by atoms with van der Waals surface area (Å²) in [5.41, 5.74) is 16.3. The highest BCUT2D eigenvalue weighted by Gasteiger charge is 2.21. The molecule has 2 heterocycles. The van der Waals surface area contributed by atoms with Crippen LogP contribution in [-0.2, 0) is 0 Å².